The molecular weight excluding hydrogens is 354 g/mol. The predicted molar refractivity (Wildman–Crippen MR) is 96.8 cm³/mol. The van der Waals surface area contributed by atoms with Crippen LogP contribution in [0, 0.1) is 12.8 Å². The maximum absolute atomic E-state index is 12.5. The lowest BCUT2D eigenvalue weighted by molar-refractivity contribution is 0.0946. The zero-order valence-electron chi connectivity index (χ0n) is 13.7. The van der Waals surface area contributed by atoms with Gasteiger partial charge in [-0.3, -0.25) is 4.79 Å². The Bertz CT molecular complexity index is 666. The van der Waals surface area contributed by atoms with Gasteiger partial charge in [0, 0.05) is 11.0 Å². The number of benzene rings is 2. The highest BCUT2D eigenvalue weighted by atomic mass is 79.9. The number of carbonyl (C=O) groups is 1. The zero-order chi connectivity index (χ0) is 16.8. The summed E-state index contributed by atoms with van der Waals surface area (Å²) >= 11 is 3.41. The third-order valence-electron chi connectivity index (χ3n) is 3.33. The highest BCUT2D eigenvalue weighted by Gasteiger charge is 2.13. The van der Waals surface area contributed by atoms with Gasteiger partial charge in [0.1, 0.15) is 5.75 Å². The number of nitrogens with one attached hydrogen (secondary N) is 1. The van der Waals surface area contributed by atoms with Gasteiger partial charge in [0.05, 0.1) is 12.2 Å². The molecule has 0 fully saturated rings. The van der Waals surface area contributed by atoms with Gasteiger partial charge in [-0.25, -0.2) is 0 Å². The molecule has 1 amide bonds. The third-order valence-corrected chi connectivity index (χ3v) is 3.83. The van der Waals surface area contributed by atoms with Crippen LogP contribution < -0.4 is 10.1 Å². The van der Waals surface area contributed by atoms with E-state index in [1.807, 2.05) is 43.3 Å². The number of amides is 1. The van der Waals surface area contributed by atoms with Crippen LogP contribution in [-0.2, 0) is 6.54 Å². The number of hydrogen-bond donors (Lipinski definition) is 1. The number of aryl methyl sites for hydroxylation is 1. The molecule has 0 unspecified atom stereocenters. The quantitative estimate of drug-likeness (QED) is 0.792. The van der Waals surface area contributed by atoms with Crippen LogP contribution in [0.3, 0.4) is 0 Å². The summed E-state index contributed by atoms with van der Waals surface area (Å²) in [6.07, 6.45) is 0. The van der Waals surface area contributed by atoms with E-state index in [1.165, 1.54) is 5.56 Å². The minimum absolute atomic E-state index is 0.134. The summed E-state index contributed by atoms with van der Waals surface area (Å²) < 4.78 is 6.62. The van der Waals surface area contributed by atoms with Gasteiger partial charge in [0.25, 0.3) is 5.91 Å². The van der Waals surface area contributed by atoms with E-state index in [4.69, 9.17) is 4.74 Å². The fourth-order valence-corrected chi connectivity index (χ4v) is 2.41. The normalized spacial score (nSPS) is 10.7. The molecule has 23 heavy (non-hydrogen) atoms. The summed E-state index contributed by atoms with van der Waals surface area (Å²) in [4.78, 5) is 12.5. The Labute approximate surface area is 146 Å². The van der Waals surface area contributed by atoms with Crippen molar-refractivity contribution in [2.45, 2.75) is 27.3 Å². The molecule has 0 spiro atoms. The van der Waals surface area contributed by atoms with E-state index >= 15 is 0 Å². The van der Waals surface area contributed by atoms with Crippen LogP contribution in [0.25, 0.3) is 0 Å². The van der Waals surface area contributed by atoms with E-state index in [0.717, 1.165) is 10.0 Å². The van der Waals surface area contributed by atoms with Crippen molar-refractivity contribution in [3.63, 3.8) is 0 Å². The smallest absolute Gasteiger partial charge is 0.255 e. The molecule has 0 aliphatic carbocycles. The summed E-state index contributed by atoms with van der Waals surface area (Å²) in [5.41, 5.74) is 2.83. The van der Waals surface area contributed by atoms with Crippen molar-refractivity contribution in [2.24, 2.45) is 5.92 Å². The van der Waals surface area contributed by atoms with Gasteiger partial charge >= 0.3 is 0 Å². The largest absolute Gasteiger partial charge is 0.492 e. The SMILES string of the molecule is Cc1ccc(CNC(=O)c2cc(Br)ccc2OCC(C)C)cc1. The van der Waals surface area contributed by atoms with Crippen LogP contribution in [0.4, 0.5) is 0 Å². The number of carbonyl (C=O) groups excluding carboxylic acids is 1. The van der Waals surface area contributed by atoms with Crippen LogP contribution in [0.5, 0.6) is 5.75 Å². The molecule has 0 radical (unpaired) electrons. The second kappa shape index (κ2) is 8.16. The summed E-state index contributed by atoms with van der Waals surface area (Å²) in [6.45, 7) is 7.28. The van der Waals surface area contributed by atoms with Gasteiger partial charge in [-0.05, 0) is 36.6 Å². The molecule has 0 aliphatic rings. The van der Waals surface area contributed by atoms with Crippen LogP contribution in [0.15, 0.2) is 46.9 Å². The van der Waals surface area contributed by atoms with Crippen LogP contribution in [0.1, 0.15) is 35.3 Å². The minimum atomic E-state index is -0.134. The van der Waals surface area contributed by atoms with E-state index in [9.17, 15) is 4.79 Å². The Morgan fingerprint density at radius 2 is 1.87 bits per heavy atom. The van der Waals surface area contributed by atoms with Gasteiger partial charge in [0.15, 0.2) is 0 Å². The van der Waals surface area contributed by atoms with Crippen LogP contribution in [0.2, 0.25) is 0 Å². The van der Waals surface area contributed by atoms with E-state index in [0.29, 0.717) is 30.4 Å². The molecule has 1 N–H and O–H groups in total. The zero-order valence-corrected chi connectivity index (χ0v) is 15.3. The minimum Gasteiger partial charge on any atom is -0.492 e. The van der Waals surface area contributed by atoms with Crippen LogP contribution in [-0.4, -0.2) is 12.5 Å². The lowest BCUT2D eigenvalue weighted by Crippen LogP contribution is -2.23. The monoisotopic (exact) mass is 375 g/mol. The first-order chi connectivity index (χ1) is 11.0. The first kappa shape index (κ1) is 17.5. The Morgan fingerprint density at radius 3 is 2.52 bits per heavy atom. The molecular formula is C19H22BrNO2. The van der Waals surface area contributed by atoms with Crippen molar-refractivity contribution in [1.29, 1.82) is 0 Å². The average molecular weight is 376 g/mol. The molecule has 0 aromatic heterocycles. The lowest BCUT2D eigenvalue weighted by Gasteiger charge is -2.14. The Balaban J connectivity index is 2.08. The number of ether oxygens (including phenoxy) is 1. The number of hydrogen-bond acceptors (Lipinski definition) is 2. The van der Waals surface area contributed by atoms with Crippen molar-refractivity contribution in [1.82, 2.24) is 5.32 Å². The second-order valence-corrected chi connectivity index (χ2v) is 6.93. The predicted octanol–water partition coefficient (Wildman–Crippen LogP) is 4.72. The summed E-state index contributed by atoms with van der Waals surface area (Å²) in [6, 6.07) is 13.6. The second-order valence-electron chi connectivity index (χ2n) is 6.01. The van der Waals surface area contributed by atoms with E-state index in [1.54, 1.807) is 6.07 Å². The van der Waals surface area contributed by atoms with Crippen molar-refractivity contribution >= 4 is 21.8 Å². The van der Waals surface area contributed by atoms with Gasteiger partial charge in [0.2, 0.25) is 0 Å². The summed E-state index contributed by atoms with van der Waals surface area (Å²) in [7, 11) is 0. The standard InChI is InChI=1S/C19H22BrNO2/c1-13(2)12-23-18-9-8-16(20)10-17(18)19(22)21-11-15-6-4-14(3)5-7-15/h4-10,13H,11-12H2,1-3H3,(H,21,22). The van der Waals surface area contributed by atoms with Crippen LogP contribution >= 0.6 is 15.9 Å². The molecule has 2 aromatic rings. The Hall–Kier alpha value is -1.81. The molecule has 0 heterocycles. The average Bonchev–Trinajstić information content (AvgIpc) is 2.52. The van der Waals surface area contributed by atoms with Crippen molar-refractivity contribution in [3.05, 3.63) is 63.6 Å². The van der Waals surface area contributed by atoms with E-state index in [-0.39, 0.29) is 5.91 Å². The molecule has 3 nitrogen and oxygen atoms in total. The number of halogens is 1. The maximum atomic E-state index is 12.5. The molecule has 0 atom stereocenters. The van der Waals surface area contributed by atoms with Crippen molar-refractivity contribution in [2.75, 3.05) is 6.61 Å². The fourth-order valence-electron chi connectivity index (χ4n) is 2.05. The molecule has 0 aliphatic heterocycles. The summed E-state index contributed by atoms with van der Waals surface area (Å²) in [5.74, 6) is 0.885. The molecule has 0 saturated carbocycles. The lowest BCUT2D eigenvalue weighted by atomic mass is 10.1. The molecule has 0 bridgehead atoms. The van der Waals surface area contributed by atoms with E-state index in [2.05, 4.69) is 35.1 Å². The first-order valence-electron chi connectivity index (χ1n) is 7.72. The number of rotatable bonds is 6. The third kappa shape index (κ3) is 5.39. The van der Waals surface area contributed by atoms with Gasteiger partial charge < -0.3 is 10.1 Å². The molecule has 122 valence electrons. The molecule has 2 rings (SSSR count). The van der Waals surface area contributed by atoms with Gasteiger partial charge in [-0.1, -0.05) is 59.6 Å². The maximum Gasteiger partial charge on any atom is 0.255 e. The topological polar surface area (TPSA) is 38.3 Å². The summed E-state index contributed by atoms with van der Waals surface area (Å²) in [5, 5.41) is 2.95. The van der Waals surface area contributed by atoms with E-state index < -0.39 is 0 Å². The van der Waals surface area contributed by atoms with Crippen molar-refractivity contribution in [3.8, 4) is 5.75 Å². The molecule has 4 heteroatoms. The first-order valence-corrected chi connectivity index (χ1v) is 8.51. The molecule has 0 saturated heterocycles. The highest BCUT2D eigenvalue weighted by molar-refractivity contribution is 9.10. The highest BCUT2D eigenvalue weighted by Crippen LogP contribution is 2.24. The molecule has 2 aromatic carbocycles. The van der Waals surface area contributed by atoms with Gasteiger partial charge in [-0.15, -0.1) is 0 Å². The Kier molecular flexibility index (Phi) is 6.22. The fraction of sp³-hybridized carbons (Fsp3) is 0.316. The van der Waals surface area contributed by atoms with Gasteiger partial charge in [-0.2, -0.15) is 0 Å². The van der Waals surface area contributed by atoms with Crippen molar-refractivity contribution < 1.29 is 9.53 Å². The Morgan fingerprint density at radius 1 is 1.17 bits per heavy atom.